The summed E-state index contributed by atoms with van der Waals surface area (Å²) in [7, 11) is 0. The molecule has 0 unspecified atom stereocenters. The lowest BCUT2D eigenvalue weighted by atomic mass is 9.99. The fourth-order valence-corrected chi connectivity index (χ4v) is 2.39. The molecule has 0 fully saturated rings. The largest absolute Gasteiger partial charge is 0.478 e. The number of benzene rings is 1. The van der Waals surface area contributed by atoms with E-state index < -0.39 is 5.97 Å². The summed E-state index contributed by atoms with van der Waals surface area (Å²) >= 11 is 0. The number of nitrogens with one attached hydrogen (secondary N) is 2. The Morgan fingerprint density at radius 1 is 1.33 bits per heavy atom. The molecule has 18 heavy (non-hydrogen) atoms. The van der Waals surface area contributed by atoms with Crippen molar-refractivity contribution in [2.75, 3.05) is 13.1 Å². The molecule has 2 aromatic rings. The summed E-state index contributed by atoms with van der Waals surface area (Å²) in [6.07, 6.45) is 5.11. The maximum atomic E-state index is 11.0. The number of hydrogen-bond acceptors (Lipinski definition) is 2. The van der Waals surface area contributed by atoms with Crippen LogP contribution in [-0.4, -0.2) is 29.1 Å². The van der Waals surface area contributed by atoms with Gasteiger partial charge in [0.2, 0.25) is 0 Å². The van der Waals surface area contributed by atoms with Crippen LogP contribution < -0.4 is 5.32 Å². The summed E-state index contributed by atoms with van der Waals surface area (Å²) in [5, 5.41) is 13.3. The summed E-state index contributed by atoms with van der Waals surface area (Å²) in [6.45, 7) is 1.84. The molecule has 3 rings (SSSR count). The number of H-pyrrole nitrogens is 1. The van der Waals surface area contributed by atoms with Crippen LogP contribution in [0.25, 0.3) is 16.5 Å². The number of carboxylic acid groups (broad SMARTS) is 1. The maximum Gasteiger partial charge on any atom is 0.335 e. The lowest BCUT2D eigenvalue weighted by molar-refractivity contribution is 0.0697. The third-order valence-electron chi connectivity index (χ3n) is 3.34. The number of hydrogen-bond donors (Lipinski definition) is 3. The number of carbonyl (C=O) groups is 1. The molecule has 0 spiro atoms. The summed E-state index contributed by atoms with van der Waals surface area (Å²) < 4.78 is 0. The normalized spacial score (nSPS) is 15.7. The molecule has 1 aliphatic heterocycles. The highest BCUT2D eigenvalue weighted by atomic mass is 16.4. The molecule has 3 N–H and O–H groups in total. The fourth-order valence-electron chi connectivity index (χ4n) is 2.39. The molecule has 1 aromatic carbocycles. The lowest BCUT2D eigenvalue weighted by Crippen LogP contribution is -2.19. The van der Waals surface area contributed by atoms with Crippen LogP contribution in [0.5, 0.6) is 0 Å². The molecule has 0 bridgehead atoms. The van der Waals surface area contributed by atoms with Gasteiger partial charge in [-0.15, -0.1) is 0 Å². The maximum absolute atomic E-state index is 11.0. The van der Waals surface area contributed by atoms with E-state index in [1.807, 2.05) is 12.3 Å². The van der Waals surface area contributed by atoms with Gasteiger partial charge >= 0.3 is 5.97 Å². The lowest BCUT2D eigenvalue weighted by Gasteiger charge is -2.13. The Balaban J connectivity index is 2.14. The summed E-state index contributed by atoms with van der Waals surface area (Å²) in [6, 6.07) is 5.19. The Morgan fingerprint density at radius 3 is 2.94 bits per heavy atom. The smallest absolute Gasteiger partial charge is 0.335 e. The highest BCUT2D eigenvalue weighted by molar-refractivity contribution is 5.98. The van der Waals surface area contributed by atoms with E-state index in [0.717, 1.165) is 36.0 Å². The van der Waals surface area contributed by atoms with E-state index in [4.69, 9.17) is 5.11 Å². The predicted molar refractivity (Wildman–Crippen MR) is 70.7 cm³/mol. The summed E-state index contributed by atoms with van der Waals surface area (Å²) in [4.78, 5) is 14.2. The second kappa shape index (κ2) is 4.31. The minimum Gasteiger partial charge on any atom is -0.478 e. The van der Waals surface area contributed by atoms with Crippen molar-refractivity contribution in [2.45, 2.75) is 6.42 Å². The molecule has 0 amide bonds. The average Bonchev–Trinajstić information content (AvgIpc) is 2.82. The topological polar surface area (TPSA) is 65.1 Å². The van der Waals surface area contributed by atoms with Crippen molar-refractivity contribution in [1.82, 2.24) is 10.3 Å². The molecule has 0 aliphatic carbocycles. The number of aromatic carboxylic acids is 1. The van der Waals surface area contributed by atoms with E-state index in [9.17, 15) is 4.79 Å². The second-order valence-corrected chi connectivity index (χ2v) is 4.45. The van der Waals surface area contributed by atoms with Gasteiger partial charge in [0, 0.05) is 29.2 Å². The van der Waals surface area contributed by atoms with Crippen LogP contribution in [0.1, 0.15) is 22.3 Å². The van der Waals surface area contributed by atoms with Crippen LogP contribution in [0.15, 0.2) is 30.5 Å². The van der Waals surface area contributed by atoms with Crippen molar-refractivity contribution < 1.29 is 9.90 Å². The van der Waals surface area contributed by atoms with E-state index >= 15 is 0 Å². The van der Waals surface area contributed by atoms with Crippen LogP contribution in [0, 0.1) is 0 Å². The number of aromatic amines is 1. The third-order valence-corrected chi connectivity index (χ3v) is 3.34. The van der Waals surface area contributed by atoms with Gasteiger partial charge in [-0.2, -0.15) is 0 Å². The molecule has 1 aliphatic rings. The quantitative estimate of drug-likeness (QED) is 0.756. The van der Waals surface area contributed by atoms with Crippen LogP contribution in [0.4, 0.5) is 0 Å². The van der Waals surface area contributed by atoms with Gasteiger partial charge in [-0.25, -0.2) is 4.79 Å². The highest BCUT2D eigenvalue weighted by Crippen LogP contribution is 2.28. The molecule has 0 radical (unpaired) electrons. The standard InChI is InChI=1S/C14H14N2O2/c17-14(18)10-1-2-13-11(7-10)12(8-16-13)9-3-5-15-6-4-9/h1-3,7-8,15-16H,4-6H2,(H,17,18). The molecular formula is C14H14N2O2. The number of aromatic nitrogens is 1. The highest BCUT2D eigenvalue weighted by Gasteiger charge is 2.12. The first-order chi connectivity index (χ1) is 8.75. The first kappa shape index (κ1) is 11.0. The van der Waals surface area contributed by atoms with Gasteiger partial charge in [-0.3, -0.25) is 0 Å². The van der Waals surface area contributed by atoms with E-state index in [0.29, 0.717) is 5.56 Å². The van der Waals surface area contributed by atoms with E-state index in [2.05, 4.69) is 16.4 Å². The molecule has 92 valence electrons. The van der Waals surface area contributed by atoms with Crippen molar-refractivity contribution in [3.8, 4) is 0 Å². The minimum absolute atomic E-state index is 0.331. The van der Waals surface area contributed by atoms with E-state index in [-0.39, 0.29) is 0 Å². The molecule has 4 heteroatoms. The molecule has 0 saturated heterocycles. The molecule has 0 saturated carbocycles. The van der Waals surface area contributed by atoms with Crippen molar-refractivity contribution in [3.05, 3.63) is 41.6 Å². The van der Waals surface area contributed by atoms with Gasteiger partial charge < -0.3 is 15.4 Å². The Hall–Kier alpha value is -2.07. The molecule has 1 aromatic heterocycles. The zero-order chi connectivity index (χ0) is 12.5. The summed E-state index contributed by atoms with van der Waals surface area (Å²) in [5.74, 6) is -0.886. The van der Waals surface area contributed by atoms with Crippen molar-refractivity contribution in [2.24, 2.45) is 0 Å². The number of carboxylic acids is 1. The second-order valence-electron chi connectivity index (χ2n) is 4.45. The SMILES string of the molecule is O=C(O)c1ccc2[nH]cc(C3=CCNCC3)c2c1. The number of fused-ring (bicyclic) bond motifs is 1. The monoisotopic (exact) mass is 242 g/mol. The third kappa shape index (κ3) is 1.80. The average molecular weight is 242 g/mol. The predicted octanol–water partition coefficient (Wildman–Crippen LogP) is 2.24. The zero-order valence-electron chi connectivity index (χ0n) is 9.86. The van der Waals surface area contributed by atoms with Gasteiger partial charge in [0.05, 0.1) is 5.56 Å². The fraction of sp³-hybridized carbons (Fsp3) is 0.214. The molecule has 2 heterocycles. The zero-order valence-corrected chi connectivity index (χ0v) is 9.86. The summed E-state index contributed by atoms with van der Waals surface area (Å²) in [5.41, 5.74) is 3.71. The van der Waals surface area contributed by atoms with Gasteiger partial charge in [-0.1, -0.05) is 6.08 Å². The Bertz CT molecular complexity index is 640. The molecular weight excluding hydrogens is 228 g/mol. The Kier molecular flexibility index (Phi) is 2.64. The number of rotatable bonds is 2. The van der Waals surface area contributed by atoms with Crippen molar-refractivity contribution >= 4 is 22.4 Å². The van der Waals surface area contributed by atoms with Gasteiger partial charge in [-0.05, 0) is 36.7 Å². The van der Waals surface area contributed by atoms with Crippen LogP contribution in [-0.2, 0) is 0 Å². The Morgan fingerprint density at radius 2 is 2.22 bits per heavy atom. The first-order valence-electron chi connectivity index (χ1n) is 6.00. The van der Waals surface area contributed by atoms with Crippen LogP contribution in [0.2, 0.25) is 0 Å². The van der Waals surface area contributed by atoms with Crippen LogP contribution in [0.3, 0.4) is 0 Å². The van der Waals surface area contributed by atoms with E-state index in [1.165, 1.54) is 5.57 Å². The molecule has 0 atom stereocenters. The minimum atomic E-state index is -0.886. The van der Waals surface area contributed by atoms with E-state index in [1.54, 1.807) is 12.1 Å². The Labute approximate surface area is 104 Å². The van der Waals surface area contributed by atoms with Crippen LogP contribution >= 0.6 is 0 Å². The first-order valence-corrected chi connectivity index (χ1v) is 6.00. The van der Waals surface area contributed by atoms with Crippen molar-refractivity contribution in [1.29, 1.82) is 0 Å². The van der Waals surface area contributed by atoms with Gasteiger partial charge in [0.25, 0.3) is 0 Å². The van der Waals surface area contributed by atoms with Gasteiger partial charge in [0.1, 0.15) is 0 Å². The molecule has 4 nitrogen and oxygen atoms in total. The van der Waals surface area contributed by atoms with Gasteiger partial charge in [0.15, 0.2) is 0 Å². The van der Waals surface area contributed by atoms with Crippen molar-refractivity contribution in [3.63, 3.8) is 0 Å².